The minimum absolute atomic E-state index is 0.0313. The van der Waals surface area contributed by atoms with Crippen molar-refractivity contribution in [1.82, 2.24) is 0 Å². The Labute approximate surface area is 140 Å². The largest absolute Gasteiger partial charge is 0.378 e. The van der Waals surface area contributed by atoms with Crippen molar-refractivity contribution in [2.24, 2.45) is 40.9 Å². The summed E-state index contributed by atoms with van der Waals surface area (Å²) in [6, 6.07) is 0. The van der Waals surface area contributed by atoms with Gasteiger partial charge in [0, 0.05) is 11.8 Å². The Balaban J connectivity index is 1.61. The van der Waals surface area contributed by atoms with Crippen molar-refractivity contribution in [3.8, 4) is 12.3 Å². The first kappa shape index (κ1) is 15.7. The molecule has 4 rings (SSSR count). The Morgan fingerprint density at radius 2 is 1.96 bits per heavy atom. The molecule has 4 aliphatic rings. The van der Waals surface area contributed by atoms with Gasteiger partial charge in [0.25, 0.3) is 0 Å². The second-order valence-electron chi connectivity index (χ2n) is 9.32. The molecule has 0 spiro atoms. The molecule has 0 aliphatic heterocycles. The maximum atomic E-state index is 12.5. The molecule has 3 unspecified atom stereocenters. The first-order valence-electron chi connectivity index (χ1n) is 9.61. The number of ketones is 1. The summed E-state index contributed by atoms with van der Waals surface area (Å²) in [5.74, 6) is 7.25. The summed E-state index contributed by atoms with van der Waals surface area (Å²) < 4.78 is 0. The van der Waals surface area contributed by atoms with Crippen molar-refractivity contribution in [3.05, 3.63) is 0 Å². The van der Waals surface area contributed by atoms with Gasteiger partial charge in [-0.15, -0.1) is 6.42 Å². The molecule has 0 aromatic carbocycles. The maximum Gasteiger partial charge on any atom is 0.139 e. The van der Waals surface area contributed by atoms with Gasteiger partial charge in [-0.25, -0.2) is 0 Å². The molecule has 0 bridgehead atoms. The van der Waals surface area contributed by atoms with Gasteiger partial charge in [0.1, 0.15) is 11.4 Å². The number of carbonyl (C=O) groups is 1. The zero-order valence-electron chi connectivity index (χ0n) is 14.6. The smallest absolute Gasteiger partial charge is 0.139 e. The summed E-state index contributed by atoms with van der Waals surface area (Å²) in [5, 5.41) is 10.5. The van der Waals surface area contributed by atoms with Crippen molar-refractivity contribution >= 4 is 5.78 Å². The fourth-order valence-electron chi connectivity index (χ4n) is 7.23. The van der Waals surface area contributed by atoms with E-state index in [4.69, 9.17) is 6.42 Å². The van der Waals surface area contributed by atoms with Crippen LogP contribution in [-0.2, 0) is 4.79 Å². The molecule has 4 saturated carbocycles. The highest BCUT2D eigenvalue weighted by atomic mass is 16.3. The third-order valence-electron chi connectivity index (χ3n) is 8.34. The Kier molecular flexibility index (Phi) is 3.48. The number of rotatable bonds is 0. The molecule has 2 heteroatoms. The number of Topliss-reactive ketones (excluding diaryl/α,β-unsaturated/α-hetero) is 1. The molecule has 0 saturated heterocycles. The minimum atomic E-state index is -0.861. The van der Waals surface area contributed by atoms with Crippen LogP contribution in [0.4, 0.5) is 0 Å². The highest BCUT2D eigenvalue weighted by molar-refractivity contribution is 5.87. The standard InChI is InChI=1S/C21H30O2/c1-4-21(23)10-8-15-14(12-21)11-13(2)19-16(15)7-9-20(3)17(19)5-6-18(20)22/h1,13-17,19,23H,5-12H2,2-3H3/t13-,14?,15+,16?,17?,19-,20+,21+/m1/s1. The molecule has 0 aromatic rings. The van der Waals surface area contributed by atoms with Crippen LogP contribution in [0, 0.1) is 53.3 Å². The van der Waals surface area contributed by atoms with Gasteiger partial charge in [0.15, 0.2) is 0 Å². The second-order valence-corrected chi connectivity index (χ2v) is 9.32. The van der Waals surface area contributed by atoms with Gasteiger partial charge in [-0.3, -0.25) is 4.79 Å². The molecule has 0 amide bonds. The molecule has 0 aromatic heterocycles. The lowest BCUT2D eigenvalue weighted by Crippen LogP contribution is -2.53. The predicted octanol–water partition coefficient (Wildman–Crippen LogP) is 3.82. The van der Waals surface area contributed by atoms with Gasteiger partial charge in [0.2, 0.25) is 0 Å². The third kappa shape index (κ3) is 2.15. The highest BCUT2D eigenvalue weighted by Crippen LogP contribution is 2.63. The van der Waals surface area contributed by atoms with Crippen LogP contribution < -0.4 is 0 Å². The van der Waals surface area contributed by atoms with Gasteiger partial charge in [0.05, 0.1) is 0 Å². The van der Waals surface area contributed by atoms with Gasteiger partial charge in [-0.2, -0.15) is 0 Å². The number of hydrogen-bond donors (Lipinski definition) is 1. The van der Waals surface area contributed by atoms with E-state index in [2.05, 4.69) is 19.8 Å². The van der Waals surface area contributed by atoms with E-state index in [0.717, 1.165) is 56.3 Å². The lowest BCUT2D eigenvalue weighted by atomic mass is 9.47. The van der Waals surface area contributed by atoms with Gasteiger partial charge in [-0.05, 0) is 80.5 Å². The summed E-state index contributed by atoms with van der Waals surface area (Å²) in [4.78, 5) is 12.5. The first-order valence-corrected chi connectivity index (χ1v) is 9.61. The molecule has 2 nitrogen and oxygen atoms in total. The van der Waals surface area contributed by atoms with Gasteiger partial charge < -0.3 is 5.11 Å². The molecular weight excluding hydrogens is 284 g/mol. The van der Waals surface area contributed by atoms with E-state index in [1.165, 1.54) is 12.8 Å². The lowest BCUT2D eigenvalue weighted by molar-refractivity contribution is -0.138. The maximum absolute atomic E-state index is 12.5. The van der Waals surface area contributed by atoms with Crippen molar-refractivity contribution < 1.29 is 9.90 Å². The van der Waals surface area contributed by atoms with Crippen molar-refractivity contribution in [2.75, 3.05) is 0 Å². The normalized spacial score (nSPS) is 55.5. The average molecular weight is 314 g/mol. The van der Waals surface area contributed by atoms with Gasteiger partial charge >= 0.3 is 0 Å². The van der Waals surface area contributed by atoms with Crippen LogP contribution in [0.1, 0.15) is 65.2 Å². The van der Waals surface area contributed by atoms with Crippen LogP contribution in [0.5, 0.6) is 0 Å². The van der Waals surface area contributed by atoms with Crippen LogP contribution in [0.15, 0.2) is 0 Å². The summed E-state index contributed by atoms with van der Waals surface area (Å²) >= 11 is 0. The van der Waals surface area contributed by atoms with Crippen molar-refractivity contribution in [1.29, 1.82) is 0 Å². The van der Waals surface area contributed by atoms with Crippen LogP contribution >= 0.6 is 0 Å². The zero-order chi connectivity index (χ0) is 16.4. The van der Waals surface area contributed by atoms with Crippen LogP contribution in [0.25, 0.3) is 0 Å². The topological polar surface area (TPSA) is 37.3 Å². The molecule has 23 heavy (non-hydrogen) atoms. The monoisotopic (exact) mass is 314 g/mol. The Hall–Kier alpha value is -0.810. The van der Waals surface area contributed by atoms with Crippen molar-refractivity contribution in [3.63, 3.8) is 0 Å². The third-order valence-corrected chi connectivity index (χ3v) is 8.34. The Morgan fingerprint density at radius 3 is 2.70 bits per heavy atom. The first-order chi connectivity index (χ1) is 10.9. The van der Waals surface area contributed by atoms with Crippen LogP contribution in [0.3, 0.4) is 0 Å². The second kappa shape index (κ2) is 5.09. The molecule has 0 radical (unpaired) electrons. The van der Waals surface area contributed by atoms with E-state index >= 15 is 0 Å². The van der Waals surface area contributed by atoms with Crippen molar-refractivity contribution in [2.45, 2.75) is 70.8 Å². The molecule has 1 N–H and O–H groups in total. The van der Waals surface area contributed by atoms with Gasteiger partial charge in [-0.1, -0.05) is 19.8 Å². The number of aliphatic hydroxyl groups is 1. The van der Waals surface area contributed by atoms with E-state index in [9.17, 15) is 9.90 Å². The summed E-state index contributed by atoms with van der Waals surface area (Å²) in [6.45, 7) is 4.64. The quantitative estimate of drug-likeness (QED) is 0.690. The Morgan fingerprint density at radius 1 is 1.22 bits per heavy atom. The van der Waals surface area contributed by atoms with E-state index < -0.39 is 5.60 Å². The number of hydrogen-bond acceptors (Lipinski definition) is 2. The fraction of sp³-hybridized carbons (Fsp3) is 0.857. The zero-order valence-corrected chi connectivity index (χ0v) is 14.6. The SMILES string of the molecule is C#C[C@]1(O)CC[C@H]2C(C[C@@H](C)[C@@H]3C2CC[C@]2(C)C(=O)CCC32)C1. The summed E-state index contributed by atoms with van der Waals surface area (Å²) in [6.07, 6.45) is 13.7. The lowest BCUT2D eigenvalue weighted by Gasteiger charge is -2.57. The molecule has 126 valence electrons. The minimum Gasteiger partial charge on any atom is -0.378 e. The van der Waals surface area contributed by atoms with Crippen LogP contribution in [-0.4, -0.2) is 16.5 Å². The molecule has 4 fully saturated rings. The molecule has 0 heterocycles. The summed E-state index contributed by atoms with van der Waals surface area (Å²) in [5.41, 5.74) is -0.892. The van der Waals surface area contributed by atoms with Crippen LogP contribution in [0.2, 0.25) is 0 Å². The highest BCUT2D eigenvalue weighted by Gasteiger charge is 2.59. The Bertz CT molecular complexity index is 561. The number of terminal acetylenes is 1. The molecule has 8 atom stereocenters. The van der Waals surface area contributed by atoms with E-state index in [1.807, 2.05) is 0 Å². The van der Waals surface area contributed by atoms with E-state index in [-0.39, 0.29) is 5.41 Å². The van der Waals surface area contributed by atoms with E-state index in [0.29, 0.717) is 23.5 Å². The fourth-order valence-corrected chi connectivity index (χ4v) is 7.23. The predicted molar refractivity (Wildman–Crippen MR) is 90.4 cm³/mol. The number of carbonyl (C=O) groups excluding carboxylic acids is 1. The summed E-state index contributed by atoms with van der Waals surface area (Å²) in [7, 11) is 0. The van der Waals surface area contributed by atoms with E-state index in [1.54, 1.807) is 0 Å². The molecular formula is C21H30O2. The average Bonchev–Trinajstić information content (AvgIpc) is 2.82. The number of fused-ring (bicyclic) bond motifs is 5. The molecule has 4 aliphatic carbocycles.